The van der Waals surface area contributed by atoms with Crippen molar-refractivity contribution in [2.75, 3.05) is 37.7 Å². The van der Waals surface area contributed by atoms with Crippen LogP contribution >= 0.6 is 11.8 Å². The van der Waals surface area contributed by atoms with Crippen LogP contribution in [0.3, 0.4) is 0 Å². The van der Waals surface area contributed by atoms with Crippen LogP contribution < -0.4 is 5.32 Å². The molecule has 2 rings (SSSR count). The number of carbonyl (C=O) groups excluding carboxylic acids is 1. The van der Waals surface area contributed by atoms with Crippen molar-refractivity contribution in [1.29, 1.82) is 0 Å². The standard InChI is InChI=1S/C9H16N2OS/c12-9(8-1-2-10-7-8)11-3-5-13-6-4-11/h8,10H,1-7H2/t8-/m0/s1. The second kappa shape index (κ2) is 4.33. The van der Waals surface area contributed by atoms with Gasteiger partial charge in [-0.25, -0.2) is 0 Å². The number of hydrogen-bond acceptors (Lipinski definition) is 3. The van der Waals surface area contributed by atoms with Crippen molar-refractivity contribution in [3.05, 3.63) is 0 Å². The Morgan fingerprint density at radius 2 is 2.15 bits per heavy atom. The maximum Gasteiger partial charge on any atom is 0.227 e. The van der Waals surface area contributed by atoms with Crippen LogP contribution in [0.1, 0.15) is 6.42 Å². The molecule has 2 heterocycles. The second-order valence-corrected chi connectivity index (χ2v) is 4.85. The fourth-order valence-corrected chi connectivity index (χ4v) is 2.81. The normalized spacial score (nSPS) is 29.2. The summed E-state index contributed by atoms with van der Waals surface area (Å²) in [5, 5.41) is 3.24. The summed E-state index contributed by atoms with van der Waals surface area (Å²) in [6.07, 6.45) is 1.03. The molecule has 0 spiro atoms. The van der Waals surface area contributed by atoms with Gasteiger partial charge in [-0.2, -0.15) is 11.8 Å². The minimum atomic E-state index is 0.267. The van der Waals surface area contributed by atoms with Crippen LogP contribution in [0, 0.1) is 5.92 Å². The number of rotatable bonds is 1. The smallest absolute Gasteiger partial charge is 0.227 e. The first-order chi connectivity index (χ1) is 6.38. The summed E-state index contributed by atoms with van der Waals surface area (Å²) < 4.78 is 0. The molecule has 2 aliphatic rings. The number of carbonyl (C=O) groups is 1. The van der Waals surface area contributed by atoms with Crippen molar-refractivity contribution in [3.8, 4) is 0 Å². The lowest BCUT2D eigenvalue weighted by Crippen LogP contribution is -2.42. The van der Waals surface area contributed by atoms with Gasteiger partial charge in [-0.3, -0.25) is 4.79 Å². The molecule has 13 heavy (non-hydrogen) atoms. The predicted molar refractivity (Wildman–Crippen MR) is 54.9 cm³/mol. The van der Waals surface area contributed by atoms with E-state index in [2.05, 4.69) is 5.32 Å². The minimum absolute atomic E-state index is 0.267. The van der Waals surface area contributed by atoms with E-state index in [1.165, 1.54) is 0 Å². The topological polar surface area (TPSA) is 32.3 Å². The lowest BCUT2D eigenvalue weighted by molar-refractivity contribution is -0.134. The highest BCUT2D eigenvalue weighted by atomic mass is 32.2. The Morgan fingerprint density at radius 3 is 2.77 bits per heavy atom. The Morgan fingerprint density at radius 1 is 1.38 bits per heavy atom. The SMILES string of the molecule is O=C([C@H]1CCNC1)N1CCSCC1. The van der Waals surface area contributed by atoms with E-state index in [-0.39, 0.29) is 5.92 Å². The zero-order chi connectivity index (χ0) is 9.10. The molecule has 0 saturated carbocycles. The molecule has 0 unspecified atom stereocenters. The molecule has 74 valence electrons. The second-order valence-electron chi connectivity index (χ2n) is 3.63. The van der Waals surface area contributed by atoms with Gasteiger partial charge < -0.3 is 10.2 Å². The molecule has 2 saturated heterocycles. The molecule has 2 fully saturated rings. The summed E-state index contributed by atoms with van der Waals surface area (Å²) in [7, 11) is 0. The zero-order valence-electron chi connectivity index (χ0n) is 7.79. The number of nitrogens with one attached hydrogen (secondary N) is 1. The maximum absolute atomic E-state index is 11.9. The van der Waals surface area contributed by atoms with Crippen molar-refractivity contribution in [3.63, 3.8) is 0 Å². The Balaban J connectivity index is 1.87. The highest BCUT2D eigenvalue weighted by Crippen LogP contribution is 2.15. The van der Waals surface area contributed by atoms with Crippen molar-refractivity contribution in [2.45, 2.75) is 6.42 Å². The van der Waals surface area contributed by atoms with E-state index in [1.54, 1.807) is 0 Å². The van der Waals surface area contributed by atoms with Gasteiger partial charge in [0.05, 0.1) is 5.92 Å². The van der Waals surface area contributed by atoms with Crippen molar-refractivity contribution < 1.29 is 4.79 Å². The molecule has 3 nitrogen and oxygen atoms in total. The summed E-state index contributed by atoms with van der Waals surface area (Å²) >= 11 is 1.95. The Bertz CT molecular complexity index is 186. The van der Waals surface area contributed by atoms with E-state index in [0.717, 1.165) is 44.1 Å². The molecule has 0 aromatic rings. The Kier molecular flexibility index (Phi) is 3.11. The van der Waals surface area contributed by atoms with Crippen LogP contribution in [0.15, 0.2) is 0 Å². The van der Waals surface area contributed by atoms with Crippen LogP contribution in [-0.4, -0.2) is 48.5 Å². The van der Waals surface area contributed by atoms with Crippen LogP contribution in [-0.2, 0) is 4.79 Å². The molecule has 0 bridgehead atoms. The summed E-state index contributed by atoms with van der Waals surface area (Å²) in [5.74, 6) is 2.88. The van der Waals surface area contributed by atoms with E-state index in [0.29, 0.717) is 5.91 Å². The summed E-state index contributed by atoms with van der Waals surface area (Å²) in [6.45, 7) is 3.82. The maximum atomic E-state index is 11.9. The van der Waals surface area contributed by atoms with Crippen molar-refractivity contribution in [2.24, 2.45) is 5.92 Å². The third-order valence-electron chi connectivity index (χ3n) is 2.73. The quantitative estimate of drug-likeness (QED) is 0.655. The first-order valence-corrected chi connectivity index (χ1v) is 6.10. The van der Waals surface area contributed by atoms with Crippen molar-refractivity contribution >= 4 is 17.7 Å². The van der Waals surface area contributed by atoms with Gasteiger partial charge in [0.15, 0.2) is 0 Å². The Labute approximate surface area is 83.2 Å². The molecular weight excluding hydrogens is 184 g/mol. The monoisotopic (exact) mass is 200 g/mol. The van der Waals surface area contributed by atoms with Gasteiger partial charge in [0.25, 0.3) is 0 Å². The van der Waals surface area contributed by atoms with E-state index in [1.807, 2.05) is 16.7 Å². The van der Waals surface area contributed by atoms with Gasteiger partial charge in [0, 0.05) is 31.1 Å². The number of hydrogen-bond donors (Lipinski definition) is 1. The highest BCUT2D eigenvalue weighted by Gasteiger charge is 2.27. The summed E-state index contributed by atoms with van der Waals surface area (Å²) in [6, 6.07) is 0. The number of nitrogens with zero attached hydrogens (tertiary/aromatic N) is 1. The van der Waals surface area contributed by atoms with Crippen LogP contribution in [0.5, 0.6) is 0 Å². The Hall–Kier alpha value is -0.220. The third kappa shape index (κ3) is 2.17. The molecule has 0 aromatic heterocycles. The molecule has 1 N–H and O–H groups in total. The van der Waals surface area contributed by atoms with Gasteiger partial charge in [0.2, 0.25) is 5.91 Å². The molecule has 0 aromatic carbocycles. The minimum Gasteiger partial charge on any atom is -0.341 e. The summed E-state index contributed by atoms with van der Waals surface area (Å²) in [5.41, 5.74) is 0. The number of amides is 1. The largest absolute Gasteiger partial charge is 0.341 e. The first kappa shape index (κ1) is 9.34. The average molecular weight is 200 g/mol. The van der Waals surface area contributed by atoms with Gasteiger partial charge in [-0.15, -0.1) is 0 Å². The first-order valence-electron chi connectivity index (χ1n) is 4.95. The molecule has 1 amide bonds. The summed E-state index contributed by atoms with van der Waals surface area (Å²) in [4.78, 5) is 13.9. The number of thioether (sulfide) groups is 1. The van der Waals surface area contributed by atoms with Gasteiger partial charge in [0.1, 0.15) is 0 Å². The van der Waals surface area contributed by atoms with Gasteiger partial charge in [-0.1, -0.05) is 0 Å². The molecular formula is C9H16N2OS. The van der Waals surface area contributed by atoms with Crippen LogP contribution in [0.25, 0.3) is 0 Å². The lowest BCUT2D eigenvalue weighted by atomic mass is 10.1. The lowest BCUT2D eigenvalue weighted by Gasteiger charge is -2.28. The van der Waals surface area contributed by atoms with E-state index < -0.39 is 0 Å². The third-order valence-corrected chi connectivity index (χ3v) is 3.67. The van der Waals surface area contributed by atoms with E-state index >= 15 is 0 Å². The highest BCUT2D eigenvalue weighted by molar-refractivity contribution is 7.99. The molecule has 0 radical (unpaired) electrons. The fourth-order valence-electron chi connectivity index (χ4n) is 1.91. The van der Waals surface area contributed by atoms with Crippen molar-refractivity contribution in [1.82, 2.24) is 10.2 Å². The average Bonchev–Trinajstić information content (AvgIpc) is 2.71. The molecule has 4 heteroatoms. The van der Waals surface area contributed by atoms with Crippen LogP contribution in [0.2, 0.25) is 0 Å². The van der Waals surface area contributed by atoms with Gasteiger partial charge >= 0.3 is 0 Å². The van der Waals surface area contributed by atoms with E-state index in [4.69, 9.17) is 0 Å². The molecule has 2 aliphatic heterocycles. The molecule has 1 atom stereocenters. The molecule has 0 aliphatic carbocycles. The van der Waals surface area contributed by atoms with Crippen LogP contribution in [0.4, 0.5) is 0 Å². The fraction of sp³-hybridized carbons (Fsp3) is 0.889. The predicted octanol–water partition coefficient (Wildman–Crippen LogP) is 0.171. The zero-order valence-corrected chi connectivity index (χ0v) is 8.61. The van der Waals surface area contributed by atoms with Gasteiger partial charge in [-0.05, 0) is 13.0 Å². The van der Waals surface area contributed by atoms with E-state index in [9.17, 15) is 4.79 Å².